The zero-order valence-corrected chi connectivity index (χ0v) is 9.69. The van der Waals surface area contributed by atoms with Crippen LogP contribution in [0.2, 0.25) is 0 Å². The van der Waals surface area contributed by atoms with E-state index in [-0.39, 0.29) is 0 Å². The third-order valence-electron chi connectivity index (χ3n) is 2.07. The van der Waals surface area contributed by atoms with E-state index in [1.54, 1.807) is 12.4 Å². The van der Waals surface area contributed by atoms with Gasteiger partial charge in [-0.05, 0) is 7.05 Å². The standard InChI is InChI=1S/C12H18N4/c1-4-6-16(7-5-2)12-10-14-11(8-13-3)9-15-12/h4-5,9-10,13H,1-2,6-8H2,3H3. The number of hydrogen-bond acceptors (Lipinski definition) is 4. The van der Waals surface area contributed by atoms with Gasteiger partial charge in [0.2, 0.25) is 0 Å². The summed E-state index contributed by atoms with van der Waals surface area (Å²) < 4.78 is 0. The van der Waals surface area contributed by atoms with Gasteiger partial charge in [-0.3, -0.25) is 4.98 Å². The van der Waals surface area contributed by atoms with Crippen LogP contribution in [0.4, 0.5) is 5.82 Å². The van der Waals surface area contributed by atoms with E-state index < -0.39 is 0 Å². The Morgan fingerprint density at radius 3 is 2.38 bits per heavy atom. The van der Waals surface area contributed by atoms with Crippen LogP contribution >= 0.6 is 0 Å². The Balaban J connectivity index is 2.75. The predicted molar refractivity (Wildman–Crippen MR) is 67.4 cm³/mol. The lowest BCUT2D eigenvalue weighted by atomic mass is 10.4. The van der Waals surface area contributed by atoms with Gasteiger partial charge < -0.3 is 10.2 Å². The summed E-state index contributed by atoms with van der Waals surface area (Å²) in [5.74, 6) is 0.847. The van der Waals surface area contributed by atoms with Crippen molar-refractivity contribution in [3.05, 3.63) is 43.4 Å². The molecule has 1 rings (SSSR count). The molecule has 0 spiro atoms. The minimum Gasteiger partial charge on any atom is -0.348 e. The van der Waals surface area contributed by atoms with Gasteiger partial charge in [-0.15, -0.1) is 13.2 Å². The molecule has 0 fully saturated rings. The molecule has 0 bridgehead atoms. The molecule has 0 unspecified atom stereocenters. The maximum atomic E-state index is 4.36. The lowest BCUT2D eigenvalue weighted by Crippen LogP contribution is -2.24. The van der Waals surface area contributed by atoms with Crippen molar-refractivity contribution in [3.63, 3.8) is 0 Å². The molecule has 0 saturated carbocycles. The van der Waals surface area contributed by atoms with Crippen molar-refractivity contribution in [1.29, 1.82) is 0 Å². The summed E-state index contributed by atoms with van der Waals surface area (Å²) in [4.78, 5) is 10.7. The van der Waals surface area contributed by atoms with E-state index >= 15 is 0 Å². The second kappa shape index (κ2) is 6.74. The van der Waals surface area contributed by atoms with Gasteiger partial charge in [0.15, 0.2) is 0 Å². The first-order chi connectivity index (χ1) is 7.81. The molecule has 4 heteroatoms. The van der Waals surface area contributed by atoms with Crippen molar-refractivity contribution < 1.29 is 0 Å². The van der Waals surface area contributed by atoms with Gasteiger partial charge in [0, 0.05) is 19.6 Å². The van der Waals surface area contributed by atoms with Crippen molar-refractivity contribution >= 4 is 5.82 Å². The molecule has 16 heavy (non-hydrogen) atoms. The van der Waals surface area contributed by atoms with Crippen molar-refractivity contribution in [2.75, 3.05) is 25.0 Å². The molecule has 1 N–H and O–H groups in total. The Bertz CT molecular complexity index is 321. The molecule has 0 saturated heterocycles. The molecule has 0 aliphatic heterocycles. The summed E-state index contributed by atoms with van der Waals surface area (Å²) >= 11 is 0. The fourth-order valence-corrected chi connectivity index (χ4v) is 1.36. The number of rotatable bonds is 7. The zero-order chi connectivity index (χ0) is 11.8. The molecule has 0 atom stereocenters. The average Bonchev–Trinajstić information content (AvgIpc) is 2.30. The Morgan fingerprint density at radius 2 is 1.94 bits per heavy atom. The third-order valence-corrected chi connectivity index (χ3v) is 2.07. The second-order valence-corrected chi connectivity index (χ2v) is 3.38. The summed E-state index contributed by atoms with van der Waals surface area (Å²) in [6.45, 7) is 9.66. The van der Waals surface area contributed by atoms with Crippen LogP contribution in [0.1, 0.15) is 5.69 Å². The van der Waals surface area contributed by atoms with Gasteiger partial charge >= 0.3 is 0 Å². The molecule has 0 radical (unpaired) electrons. The number of anilines is 1. The predicted octanol–water partition coefficient (Wildman–Crippen LogP) is 1.37. The Hall–Kier alpha value is -1.68. The monoisotopic (exact) mass is 218 g/mol. The maximum absolute atomic E-state index is 4.36. The Morgan fingerprint density at radius 1 is 1.25 bits per heavy atom. The van der Waals surface area contributed by atoms with E-state index in [1.807, 2.05) is 19.2 Å². The lowest BCUT2D eigenvalue weighted by Gasteiger charge is -2.19. The highest BCUT2D eigenvalue weighted by Crippen LogP contribution is 2.08. The fourth-order valence-electron chi connectivity index (χ4n) is 1.36. The third kappa shape index (κ3) is 3.47. The summed E-state index contributed by atoms with van der Waals surface area (Å²) in [7, 11) is 1.89. The van der Waals surface area contributed by atoms with Gasteiger partial charge in [0.05, 0.1) is 18.1 Å². The van der Waals surface area contributed by atoms with Crippen LogP contribution in [0.3, 0.4) is 0 Å². The molecule has 0 aromatic carbocycles. The summed E-state index contributed by atoms with van der Waals surface area (Å²) in [5, 5.41) is 3.03. The zero-order valence-electron chi connectivity index (χ0n) is 9.69. The molecular weight excluding hydrogens is 200 g/mol. The Labute approximate surface area is 96.7 Å². The van der Waals surface area contributed by atoms with Crippen molar-refractivity contribution in [1.82, 2.24) is 15.3 Å². The molecule has 4 nitrogen and oxygen atoms in total. The maximum Gasteiger partial charge on any atom is 0.147 e. The summed E-state index contributed by atoms with van der Waals surface area (Å²) in [6.07, 6.45) is 7.24. The van der Waals surface area contributed by atoms with E-state index in [0.29, 0.717) is 0 Å². The molecular formula is C12H18N4. The van der Waals surface area contributed by atoms with E-state index in [1.165, 1.54) is 0 Å². The van der Waals surface area contributed by atoms with Crippen LogP contribution in [0.5, 0.6) is 0 Å². The minimum absolute atomic E-state index is 0.732. The van der Waals surface area contributed by atoms with Crippen molar-refractivity contribution in [2.24, 2.45) is 0 Å². The lowest BCUT2D eigenvalue weighted by molar-refractivity contribution is 0.780. The van der Waals surface area contributed by atoms with Gasteiger partial charge in [-0.2, -0.15) is 0 Å². The summed E-state index contributed by atoms with van der Waals surface area (Å²) in [5.41, 5.74) is 0.934. The van der Waals surface area contributed by atoms with Crippen molar-refractivity contribution in [3.8, 4) is 0 Å². The highest BCUT2D eigenvalue weighted by atomic mass is 15.2. The summed E-state index contributed by atoms with van der Waals surface area (Å²) in [6, 6.07) is 0. The highest BCUT2D eigenvalue weighted by Gasteiger charge is 2.04. The second-order valence-electron chi connectivity index (χ2n) is 3.38. The molecule has 1 aromatic rings. The number of aromatic nitrogens is 2. The largest absolute Gasteiger partial charge is 0.348 e. The number of nitrogens with one attached hydrogen (secondary N) is 1. The van der Waals surface area contributed by atoms with Crippen LogP contribution in [0.15, 0.2) is 37.7 Å². The number of hydrogen-bond donors (Lipinski definition) is 1. The smallest absolute Gasteiger partial charge is 0.147 e. The van der Waals surface area contributed by atoms with Gasteiger partial charge in [0.1, 0.15) is 5.82 Å². The topological polar surface area (TPSA) is 41.1 Å². The quantitative estimate of drug-likeness (QED) is 0.702. The minimum atomic E-state index is 0.732. The van der Waals surface area contributed by atoms with Gasteiger partial charge in [-0.25, -0.2) is 4.98 Å². The van der Waals surface area contributed by atoms with Gasteiger partial charge in [0.25, 0.3) is 0 Å². The van der Waals surface area contributed by atoms with Crippen LogP contribution in [0, 0.1) is 0 Å². The highest BCUT2D eigenvalue weighted by molar-refractivity contribution is 5.37. The van der Waals surface area contributed by atoms with Crippen LogP contribution in [-0.2, 0) is 6.54 Å². The van der Waals surface area contributed by atoms with Crippen molar-refractivity contribution in [2.45, 2.75) is 6.54 Å². The first-order valence-electron chi connectivity index (χ1n) is 5.24. The van der Waals surface area contributed by atoms with Crippen LogP contribution < -0.4 is 10.2 Å². The average molecular weight is 218 g/mol. The molecule has 0 aliphatic carbocycles. The van der Waals surface area contributed by atoms with E-state index in [0.717, 1.165) is 31.1 Å². The SMILES string of the molecule is C=CCN(CC=C)c1cnc(CNC)cn1. The van der Waals surface area contributed by atoms with Crippen LogP contribution in [-0.4, -0.2) is 30.1 Å². The first-order valence-corrected chi connectivity index (χ1v) is 5.24. The Kier molecular flexibility index (Phi) is 5.22. The number of nitrogens with zero attached hydrogens (tertiary/aromatic N) is 3. The first kappa shape index (κ1) is 12.4. The molecule has 0 aliphatic rings. The molecule has 1 aromatic heterocycles. The molecule has 1 heterocycles. The van der Waals surface area contributed by atoms with E-state index in [4.69, 9.17) is 0 Å². The normalized spacial score (nSPS) is 9.81. The van der Waals surface area contributed by atoms with E-state index in [9.17, 15) is 0 Å². The van der Waals surface area contributed by atoms with E-state index in [2.05, 4.69) is 33.3 Å². The molecule has 86 valence electrons. The molecule has 0 amide bonds. The van der Waals surface area contributed by atoms with Gasteiger partial charge in [-0.1, -0.05) is 12.2 Å². The van der Waals surface area contributed by atoms with Crippen LogP contribution in [0.25, 0.3) is 0 Å². The fraction of sp³-hybridized carbons (Fsp3) is 0.333.